The Hall–Kier alpha value is -1.63. The molecule has 0 aromatic heterocycles. The first-order chi connectivity index (χ1) is 9.82. The highest BCUT2D eigenvalue weighted by molar-refractivity contribution is 5.78. The van der Waals surface area contributed by atoms with E-state index in [1.807, 2.05) is 6.92 Å². The molecule has 7 heteroatoms. The van der Waals surface area contributed by atoms with Crippen molar-refractivity contribution in [2.24, 2.45) is 5.92 Å². The number of aliphatic carboxylic acids is 1. The van der Waals surface area contributed by atoms with E-state index in [2.05, 4.69) is 16.0 Å². The van der Waals surface area contributed by atoms with Crippen LogP contribution in [0.1, 0.15) is 40.0 Å². The van der Waals surface area contributed by atoms with Crippen LogP contribution in [-0.4, -0.2) is 48.6 Å². The molecule has 2 amide bonds. The van der Waals surface area contributed by atoms with E-state index in [4.69, 9.17) is 5.11 Å². The quantitative estimate of drug-likeness (QED) is 0.405. The Morgan fingerprint density at radius 2 is 1.67 bits per heavy atom. The first kappa shape index (κ1) is 19.4. The molecule has 0 spiro atoms. The Bertz CT molecular complexity index is 347. The Kier molecular flexibility index (Phi) is 10.2. The number of rotatable bonds is 11. The van der Waals surface area contributed by atoms with Gasteiger partial charge in [-0.1, -0.05) is 13.3 Å². The lowest BCUT2D eigenvalue weighted by atomic mass is 10.0. The van der Waals surface area contributed by atoms with Crippen LogP contribution in [0.5, 0.6) is 0 Å². The molecule has 0 bridgehead atoms. The smallest absolute Gasteiger partial charge is 0.306 e. The molecule has 0 saturated heterocycles. The monoisotopic (exact) mass is 301 g/mol. The van der Waals surface area contributed by atoms with Gasteiger partial charge < -0.3 is 21.1 Å². The SMILES string of the molecule is CC(=O)NCCNC(=O)CNC(C)CCCC(C)C(=O)O. The van der Waals surface area contributed by atoms with Gasteiger partial charge in [0.2, 0.25) is 11.8 Å². The third-order valence-corrected chi connectivity index (χ3v) is 3.13. The predicted molar refractivity (Wildman–Crippen MR) is 79.8 cm³/mol. The fourth-order valence-electron chi connectivity index (χ4n) is 1.73. The molecule has 0 aliphatic rings. The van der Waals surface area contributed by atoms with Gasteiger partial charge in [0.15, 0.2) is 0 Å². The standard InChI is InChI=1S/C14H27N3O4/c1-10(14(20)21)5-4-6-11(2)17-9-13(19)16-8-7-15-12(3)18/h10-11,17H,4-9H2,1-3H3,(H,15,18)(H,16,19)(H,20,21). The summed E-state index contributed by atoms with van der Waals surface area (Å²) in [6.45, 7) is 6.14. The van der Waals surface area contributed by atoms with Crippen molar-refractivity contribution in [1.82, 2.24) is 16.0 Å². The van der Waals surface area contributed by atoms with E-state index < -0.39 is 5.97 Å². The van der Waals surface area contributed by atoms with Crippen LogP contribution in [0, 0.1) is 5.92 Å². The van der Waals surface area contributed by atoms with Gasteiger partial charge >= 0.3 is 5.97 Å². The zero-order chi connectivity index (χ0) is 16.3. The van der Waals surface area contributed by atoms with E-state index in [9.17, 15) is 14.4 Å². The second-order valence-corrected chi connectivity index (χ2v) is 5.29. The van der Waals surface area contributed by atoms with Crippen LogP contribution in [0.3, 0.4) is 0 Å². The van der Waals surface area contributed by atoms with Gasteiger partial charge in [0.25, 0.3) is 0 Å². The summed E-state index contributed by atoms with van der Waals surface area (Å²) in [5.74, 6) is -1.33. The largest absolute Gasteiger partial charge is 0.481 e. The molecule has 0 rings (SSSR count). The van der Waals surface area contributed by atoms with E-state index >= 15 is 0 Å². The average molecular weight is 301 g/mol. The van der Waals surface area contributed by atoms with Gasteiger partial charge in [0.05, 0.1) is 12.5 Å². The van der Waals surface area contributed by atoms with E-state index in [0.29, 0.717) is 19.5 Å². The maximum absolute atomic E-state index is 11.5. The van der Waals surface area contributed by atoms with E-state index in [0.717, 1.165) is 12.8 Å². The van der Waals surface area contributed by atoms with Gasteiger partial charge in [-0.15, -0.1) is 0 Å². The minimum absolute atomic E-state index is 0.119. The third-order valence-electron chi connectivity index (χ3n) is 3.13. The number of carbonyl (C=O) groups is 3. The first-order valence-electron chi connectivity index (χ1n) is 7.30. The van der Waals surface area contributed by atoms with Gasteiger partial charge in [0, 0.05) is 26.1 Å². The summed E-state index contributed by atoms with van der Waals surface area (Å²) in [6, 6.07) is 0.159. The van der Waals surface area contributed by atoms with Crippen LogP contribution >= 0.6 is 0 Å². The van der Waals surface area contributed by atoms with Crippen molar-refractivity contribution in [1.29, 1.82) is 0 Å². The Balaban J connectivity index is 3.59. The van der Waals surface area contributed by atoms with Crippen molar-refractivity contribution >= 4 is 17.8 Å². The molecule has 0 aromatic carbocycles. The molecule has 2 unspecified atom stereocenters. The molecule has 2 atom stereocenters. The number of carboxylic acid groups (broad SMARTS) is 1. The van der Waals surface area contributed by atoms with Crippen LogP contribution in [0.15, 0.2) is 0 Å². The Morgan fingerprint density at radius 1 is 1.05 bits per heavy atom. The molecular formula is C14H27N3O4. The summed E-state index contributed by atoms with van der Waals surface area (Å²) in [5, 5.41) is 17.1. The molecular weight excluding hydrogens is 274 g/mol. The molecule has 0 aliphatic carbocycles. The maximum Gasteiger partial charge on any atom is 0.306 e. The molecule has 0 radical (unpaired) electrons. The third kappa shape index (κ3) is 11.9. The fourth-order valence-corrected chi connectivity index (χ4v) is 1.73. The molecule has 122 valence electrons. The molecule has 0 heterocycles. The fraction of sp³-hybridized carbons (Fsp3) is 0.786. The Labute approximate surface area is 125 Å². The predicted octanol–water partition coefficient (Wildman–Crippen LogP) is 0.108. The normalized spacial score (nSPS) is 13.3. The van der Waals surface area contributed by atoms with Crippen molar-refractivity contribution in [2.75, 3.05) is 19.6 Å². The van der Waals surface area contributed by atoms with Gasteiger partial charge in [-0.25, -0.2) is 0 Å². The molecule has 0 fully saturated rings. The number of nitrogens with one attached hydrogen (secondary N) is 3. The van der Waals surface area contributed by atoms with Crippen molar-refractivity contribution in [3.8, 4) is 0 Å². The van der Waals surface area contributed by atoms with Crippen LogP contribution in [-0.2, 0) is 14.4 Å². The van der Waals surface area contributed by atoms with Gasteiger partial charge in [0.1, 0.15) is 0 Å². The summed E-state index contributed by atoms with van der Waals surface area (Å²) in [4.78, 5) is 32.8. The number of carboxylic acids is 1. The minimum Gasteiger partial charge on any atom is -0.481 e. The van der Waals surface area contributed by atoms with Gasteiger partial charge in [-0.3, -0.25) is 14.4 Å². The first-order valence-corrected chi connectivity index (χ1v) is 7.30. The van der Waals surface area contributed by atoms with Gasteiger partial charge in [-0.05, 0) is 19.8 Å². The van der Waals surface area contributed by atoms with E-state index in [1.54, 1.807) is 6.92 Å². The van der Waals surface area contributed by atoms with E-state index in [-0.39, 0.29) is 30.3 Å². The van der Waals surface area contributed by atoms with Gasteiger partial charge in [-0.2, -0.15) is 0 Å². The summed E-state index contributed by atoms with van der Waals surface area (Å²) in [6.07, 6.45) is 2.28. The molecule has 7 nitrogen and oxygen atoms in total. The van der Waals surface area contributed by atoms with Crippen LogP contribution in [0.4, 0.5) is 0 Å². The summed E-state index contributed by atoms with van der Waals surface area (Å²) >= 11 is 0. The van der Waals surface area contributed by atoms with Crippen molar-refractivity contribution in [3.05, 3.63) is 0 Å². The highest BCUT2D eigenvalue weighted by atomic mass is 16.4. The molecule has 0 aromatic rings. The minimum atomic E-state index is -0.769. The topological polar surface area (TPSA) is 108 Å². The van der Waals surface area contributed by atoms with E-state index in [1.165, 1.54) is 6.92 Å². The number of hydrogen-bond donors (Lipinski definition) is 4. The maximum atomic E-state index is 11.5. The van der Waals surface area contributed by atoms with Crippen LogP contribution in [0.25, 0.3) is 0 Å². The highest BCUT2D eigenvalue weighted by Crippen LogP contribution is 2.09. The number of carbonyl (C=O) groups excluding carboxylic acids is 2. The zero-order valence-electron chi connectivity index (χ0n) is 13.1. The summed E-state index contributed by atoms with van der Waals surface area (Å²) in [7, 11) is 0. The molecule has 4 N–H and O–H groups in total. The lowest BCUT2D eigenvalue weighted by Crippen LogP contribution is -2.40. The van der Waals surface area contributed by atoms with Crippen molar-refractivity contribution in [3.63, 3.8) is 0 Å². The van der Waals surface area contributed by atoms with Crippen molar-refractivity contribution < 1.29 is 19.5 Å². The lowest BCUT2D eigenvalue weighted by Gasteiger charge is -2.14. The van der Waals surface area contributed by atoms with Crippen LogP contribution in [0.2, 0.25) is 0 Å². The zero-order valence-corrected chi connectivity index (χ0v) is 13.1. The second-order valence-electron chi connectivity index (χ2n) is 5.29. The molecule has 21 heavy (non-hydrogen) atoms. The number of hydrogen-bond acceptors (Lipinski definition) is 4. The Morgan fingerprint density at radius 3 is 2.24 bits per heavy atom. The van der Waals surface area contributed by atoms with Crippen molar-refractivity contribution in [2.45, 2.75) is 46.1 Å². The lowest BCUT2D eigenvalue weighted by molar-refractivity contribution is -0.141. The number of amides is 2. The average Bonchev–Trinajstić information content (AvgIpc) is 2.40. The highest BCUT2D eigenvalue weighted by Gasteiger charge is 2.11. The summed E-state index contributed by atoms with van der Waals surface area (Å²) in [5.41, 5.74) is 0. The summed E-state index contributed by atoms with van der Waals surface area (Å²) < 4.78 is 0. The van der Waals surface area contributed by atoms with Crippen LogP contribution < -0.4 is 16.0 Å². The second kappa shape index (κ2) is 11.1. The molecule has 0 aliphatic heterocycles. The molecule has 0 saturated carbocycles.